The van der Waals surface area contributed by atoms with Crippen LogP contribution in [0.25, 0.3) is 16.7 Å². The van der Waals surface area contributed by atoms with Gasteiger partial charge < -0.3 is 15.3 Å². The highest BCUT2D eigenvalue weighted by Gasteiger charge is 2.26. The van der Waals surface area contributed by atoms with E-state index in [-0.39, 0.29) is 16.8 Å². The molecule has 128 valence electrons. The molecule has 3 N–H and O–H groups in total. The van der Waals surface area contributed by atoms with Crippen molar-refractivity contribution in [1.29, 1.82) is 0 Å². The Morgan fingerprint density at radius 1 is 1.16 bits per heavy atom. The smallest absolute Gasteiger partial charge is 0.311 e. The van der Waals surface area contributed by atoms with E-state index in [0.29, 0.717) is 11.2 Å². The van der Waals surface area contributed by atoms with Crippen LogP contribution in [0.2, 0.25) is 0 Å². The molecule has 0 spiro atoms. The molecular formula is C17H15N3O5. The Bertz CT molecular complexity index is 980. The standard InChI is InChI=1S/C17H15N3O5/c1-9-5-6-14(21)13(7-9)20-18-12-4-2-3-10(16(12)19-20)11(17(24)25)8-15(22)23/h2-7,11,21H,8H2,1H3,(H,22,23)(H,24,25). The summed E-state index contributed by atoms with van der Waals surface area (Å²) in [5.41, 5.74) is 2.22. The van der Waals surface area contributed by atoms with Gasteiger partial charge in [-0.1, -0.05) is 18.2 Å². The summed E-state index contributed by atoms with van der Waals surface area (Å²) in [5, 5.41) is 36.9. The molecule has 2 aromatic carbocycles. The van der Waals surface area contributed by atoms with E-state index in [4.69, 9.17) is 5.11 Å². The molecule has 0 bridgehead atoms. The van der Waals surface area contributed by atoms with E-state index in [0.717, 1.165) is 5.56 Å². The van der Waals surface area contributed by atoms with Crippen LogP contribution in [0.1, 0.15) is 23.5 Å². The summed E-state index contributed by atoms with van der Waals surface area (Å²) >= 11 is 0. The lowest BCUT2D eigenvalue weighted by atomic mass is 9.95. The van der Waals surface area contributed by atoms with Gasteiger partial charge in [-0.2, -0.15) is 0 Å². The number of benzene rings is 2. The number of hydrogen-bond acceptors (Lipinski definition) is 5. The molecule has 0 saturated heterocycles. The van der Waals surface area contributed by atoms with Gasteiger partial charge in [-0.25, -0.2) is 0 Å². The van der Waals surface area contributed by atoms with Crippen LogP contribution in [0.3, 0.4) is 0 Å². The normalized spacial score (nSPS) is 12.2. The van der Waals surface area contributed by atoms with Crippen LogP contribution in [0.4, 0.5) is 0 Å². The van der Waals surface area contributed by atoms with Crippen molar-refractivity contribution < 1.29 is 24.9 Å². The van der Waals surface area contributed by atoms with Crippen LogP contribution in [-0.2, 0) is 9.59 Å². The highest BCUT2D eigenvalue weighted by molar-refractivity contribution is 5.89. The van der Waals surface area contributed by atoms with Crippen molar-refractivity contribution in [2.24, 2.45) is 0 Å². The largest absolute Gasteiger partial charge is 0.506 e. The number of rotatable bonds is 5. The Labute approximate surface area is 141 Å². The van der Waals surface area contributed by atoms with Crippen LogP contribution in [0, 0.1) is 6.92 Å². The molecule has 0 radical (unpaired) electrons. The highest BCUT2D eigenvalue weighted by Crippen LogP contribution is 2.28. The summed E-state index contributed by atoms with van der Waals surface area (Å²) < 4.78 is 0. The molecule has 8 nitrogen and oxygen atoms in total. The molecule has 1 heterocycles. The number of carboxylic acids is 2. The van der Waals surface area contributed by atoms with Crippen molar-refractivity contribution in [3.05, 3.63) is 47.5 Å². The van der Waals surface area contributed by atoms with E-state index in [9.17, 15) is 19.8 Å². The second kappa shape index (κ2) is 6.23. The number of nitrogens with zero attached hydrogens (tertiary/aromatic N) is 3. The SMILES string of the molecule is Cc1ccc(O)c(-n2nc3cccc(C(CC(=O)O)C(=O)O)c3n2)c1. The summed E-state index contributed by atoms with van der Waals surface area (Å²) in [6.45, 7) is 1.85. The first kappa shape index (κ1) is 16.4. The molecule has 1 aromatic heterocycles. The zero-order valence-corrected chi connectivity index (χ0v) is 13.2. The lowest BCUT2D eigenvalue weighted by Crippen LogP contribution is -2.16. The van der Waals surface area contributed by atoms with Gasteiger partial charge in [-0.05, 0) is 36.2 Å². The molecule has 0 amide bonds. The number of aromatic nitrogens is 3. The van der Waals surface area contributed by atoms with Gasteiger partial charge in [0.2, 0.25) is 0 Å². The first-order chi connectivity index (χ1) is 11.9. The highest BCUT2D eigenvalue weighted by atomic mass is 16.4. The van der Waals surface area contributed by atoms with Crippen LogP contribution < -0.4 is 0 Å². The fourth-order valence-electron chi connectivity index (χ4n) is 2.64. The minimum absolute atomic E-state index is 0.0206. The number of carbonyl (C=O) groups is 2. The van der Waals surface area contributed by atoms with Gasteiger partial charge in [0.25, 0.3) is 0 Å². The zero-order chi connectivity index (χ0) is 18.1. The molecule has 1 unspecified atom stereocenters. The maximum Gasteiger partial charge on any atom is 0.311 e. The van der Waals surface area contributed by atoms with Crippen molar-refractivity contribution in [2.75, 3.05) is 0 Å². The van der Waals surface area contributed by atoms with Crippen LogP contribution in [0.5, 0.6) is 5.75 Å². The van der Waals surface area contributed by atoms with Gasteiger partial charge in [-0.15, -0.1) is 15.0 Å². The van der Waals surface area contributed by atoms with Crippen LogP contribution in [-0.4, -0.2) is 42.3 Å². The third kappa shape index (κ3) is 3.14. The number of fused-ring (bicyclic) bond motifs is 1. The average molecular weight is 341 g/mol. The Morgan fingerprint density at radius 3 is 2.60 bits per heavy atom. The number of aliphatic carboxylic acids is 2. The van der Waals surface area contributed by atoms with Gasteiger partial charge >= 0.3 is 11.9 Å². The topological polar surface area (TPSA) is 126 Å². The maximum absolute atomic E-state index is 11.5. The molecular weight excluding hydrogens is 326 g/mol. The van der Waals surface area contributed by atoms with Crippen molar-refractivity contribution in [3.8, 4) is 11.4 Å². The number of phenolic OH excluding ortho intramolecular Hbond substituents is 1. The fraction of sp³-hybridized carbons (Fsp3) is 0.176. The minimum Gasteiger partial charge on any atom is -0.506 e. The fourth-order valence-corrected chi connectivity index (χ4v) is 2.64. The van der Waals surface area contributed by atoms with Gasteiger partial charge in [0, 0.05) is 0 Å². The number of carboxylic acid groups (broad SMARTS) is 2. The van der Waals surface area contributed by atoms with Gasteiger partial charge in [-0.3, -0.25) is 9.59 Å². The summed E-state index contributed by atoms with van der Waals surface area (Å²) in [7, 11) is 0. The Balaban J connectivity index is 2.17. The molecule has 0 aliphatic heterocycles. The maximum atomic E-state index is 11.5. The predicted octanol–water partition coefficient (Wildman–Crippen LogP) is 2.08. The zero-order valence-electron chi connectivity index (χ0n) is 13.2. The van der Waals surface area contributed by atoms with E-state index in [2.05, 4.69) is 10.2 Å². The minimum atomic E-state index is -1.25. The Kier molecular flexibility index (Phi) is 4.10. The summed E-state index contributed by atoms with van der Waals surface area (Å²) in [5.74, 6) is -3.72. The third-order valence-corrected chi connectivity index (χ3v) is 3.84. The molecule has 0 aliphatic carbocycles. The first-order valence-corrected chi connectivity index (χ1v) is 7.47. The average Bonchev–Trinajstić information content (AvgIpc) is 2.98. The number of hydrogen-bond donors (Lipinski definition) is 3. The first-order valence-electron chi connectivity index (χ1n) is 7.47. The Hall–Kier alpha value is -3.42. The van der Waals surface area contributed by atoms with Gasteiger partial charge in [0.15, 0.2) is 0 Å². The van der Waals surface area contributed by atoms with E-state index in [1.165, 1.54) is 16.9 Å². The molecule has 0 saturated carbocycles. The quantitative estimate of drug-likeness (QED) is 0.648. The van der Waals surface area contributed by atoms with E-state index >= 15 is 0 Å². The van der Waals surface area contributed by atoms with E-state index in [1.54, 1.807) is 24.3 Å². The molecule has 3 aromatic rings. The lowest BCUT2D eigenvalue weighted by molar-refractivity contribution is -0.145. The summed E-state index contributed by atoms with van der Waals surface area (Å²) in [6, 6.07) is 9.73. The monoisotopic (exact) mass is 341 g/mol. The molecule has 25 heavy (non-hydrogen) atoms. The van der Waals surface area contributed by atoms with Gasteiger partial charge in [0.05, 0.1) is 12.3 Å². The van der Waals surface area contributed by atoms with Crippen LogP contribution >= 0.6 is 0 Å². The lowest BCUT2D eigenvalue weighted by Gasteiger charge is -2.10. The second-order valence-electron chi connectivity index (χ2n) is 5.69. The molecule has 0 aliphatic rings. The van der Waals surface area contributed by atoms with Crippen molar-refractivity contribution in [3.63, 3.8) is 0 Å². The van der Waals surface area contributed by atoms with Crippen molar-refractivity contribution in [1.82, 2.24) is 15.0 Å². The number of aryl methyl sites for hydroxylation is 1. The second-order valence-corrected chi connectivity index (χ2v) is 5.69. The molecule has 3 rings (SSSR count). The van der Waals surface area contributed by atoms with Crippen molar-refractivity contribution in [2.45, 2.75) is 19.3 Å². The van der Waals surface area contributed by atoms with E-state index < -0.39 is 24.3 Å². The van der Waals surface area contributed by atoms with Crippen LogP contribution in [0.15, 0.2) is 36.4 Å². The molecule has 0 fully saturated rings. The molecule has 8 heteroatoms. The Morgan fingerprint density at radius 2 is 1.92 bits per heavy atom. The van der Waals surface area contributed by atoms with E-state index in [1.807, 2.05) is 6.92 Å². The summed E-state index contributed by atoms with van der Waals surface area (Å²) in [6.07, 6.45) is -0.559. The van der Waals surface area contributed by atoms with Crippen molar-refractivity contribution >= 4 is 23.0 Å². The predicted molar refractivity (Wildman–Crippen MR) is 87.9 cm³/mol. The summed E-state index contributed by atoms with van der Waals surface area (Å²) in [4.78, 5) is 23.7. The molecule has 1 atom stereocenters. The number of phenols is 1. The third-order valence-electron chi connectivity index (χ3n) is 3.84. The van der Waals surface area contributed by atoms with Gasteiger partial charge in [0.1, 0.15) is 22.5 Å². The number of aromatic hydroxyl groups is 1.